The maximum absolute atomic E-state index is 2.49. The number of benzene rings is 9. The Morgan fingerprint density at radius 3 is 1.71 bits per heavy atom. The van der Waals surface area contributed by atoms with E-state index < -0.39 is 0 Å². The molecule has 10 rings (SSSR count). The summed E-state index contributed by atoms with van der Waals surface area (Å²) >= 11 is 1.87. The van der Waals surface area contributed by atoms with E-state index in [-0.39, 0.29) is 0 Å². The fourth-order valence-electron chi connectivity index (χ4n) is 7.89. The third-order valence-corrected chi connectivity index (χ3v) is 11.5. The molecule has 0 amide bonds. The number of nitrogens with zero attached hydrogens (tertiary/aromatic N) is 1. The van der Waals surface area contributed by atoms with Crippen molar-refractivity contribution in [1.82, 2.24) is 0 Å². The summed E-state index contributed by atoms with van der Waals surface area (Å²) in [4.78, 5) is 2.49. The molecule has 0 aliphatic rings. The average molecular weight is 680 g/mol. The largest absolute Gasteiger partial charge is 0.308 e. The topological polar surface area (TPSA) is 3.24 Å². The van der Waals surface area contributed by atoms with Crippen molar-refractivity contribution in [1.29, 1.82) is 0 Å². The summed E-state index contributed by atoms with van der Waals surface area (Å²) in [6, 6.07) is 73.0. The van der Waals surface area contributed by atoms with Crippen LogP contribution in [0.5, 0.6) is 0 Å². The number of hydrogen-bond donors (Lipinski definition) is 0. The quantitative estimate of drug-likeness (QED) is 0.158. The van der Waals surface area contributed by atoms with Gasteiger partial charge in [-0.15, -0.1) is 11.3 Å². The van der Waals surface area contributed by atoms with Crippen molar-refractivity contribution in [3.63, 3.8) is 0 Å². The Kier molecular flexibility index (Phi) is 7.41. The normalized spacial score (nSPS) is 11.5. The number of rotatable bonds is 6. The predicted octanol–water partition coefficient (Wildman–Crippen LogP) is 14.8. The maximum atomic E-state index is 2.49. The van der Waals surface area contributed by atoms with E-state index in [4.69, 9.17) is 0 Å². The lowest BCUT2D eigenvalue weighted by Crippen LogP contribution is -2.11. The lowest BCUT2D eigenvalue weighted by molar-refractivity contribution is 1.31. The minimum atomic E-state index is 1.13. The molecule has 2 heteroatoms. The molecule has 0 saturated carbocycles. The van der Waals surface area contributed by atoms with Gasteiger partial charge in [0.05, 0.1) is 16.1 Å². The molecule has 0 spiro atoms. The molecule has 0 atom stereocenters. The molecule has 0 bridgehead atoms. The standard InChI is InChI=1S/C50H33NS/c1-2-15-34(16-3-1)39-19-6-7-20-41(39)42-21-8-9-22-43(42)44-23-10-12-26-47(44)51(48-27-14-25-46-45-24-11-13-28-49(45)52-50(46)48)37-31-32-40-36(33-37)30-29-35-17-4-5-18-38(35)40/h1-33H. The van der Waals surface area contributed by atoms with Gasteiger partial charge in [0.2, 0.25) is 0 Å². The van der Waals surface area contributed by atoms with Crippen LogP contribution in [0.2, 0.25) is 0 Å². The molecular weight excluding hydrogens is 647 g/mol. The van der Waals surface area contributed by atoms with Gasteiger partial charge in [0, 0.05) is 26.7 Å². The van der Waals surface area contributed by atoms with Crippen LogP contribution in [-0.4, -0.2) is 0 Å². The van der Waals surface area contributed by atoms with E-state index in [1.165, 1.54) is 80.8 Å². The van der Waals surface area contributed by atoms with Crippen molar-refractivity contribution in [3.05, 3.63) is 200 Å². The van der Waals surface area contributed by atoms with Gasteiger partial charge < -0.3 is 4.90 Å². The molecule has 0 unspecified atom stereocenters. The highest BCUT2D eigenvalue weighted by atomic mass is 32.1. The monoisotopic (exact) mass is 679 g/mol. The zero-order valence-corrected chi connectivity index (χ0v) is 29.2. The molecule has 52 heavy (non-hydrogen) atoms. The van der Waals surface area contributed by atoms with E-state index in [2.05, 4.69) is 205 Å². The van der Waals surface area contributed by atoms with Gasteiger partial charge >= 0.3 is 0 Å². The van der Waals surface area contributed by atoms with Gasteiger partial charge in [-0.05, 0) is 79.7 Å². The second-order valence-electron chi connectivity index (χ2n) is 13.3. The van der Waals surface area contributed by atoms with Crippen molar-refractivity contribution >= 4 is 70.1 Å². The van der Waals surface area contributed by atoms with Gasteiger partial charge in [-0.25, -0.2) is 0 Å². The van der Waals surface area contributed by atoms with Crippen molar-refractivity contribution in [2.45, 2.75) is 0 Å². The Balaban J connectivity index is 1.24. The van der Waals surface area contributed by atoms with E-state index in [1.54, 1.807) is 0 Å². The van der Waals surface area contributed by atoms with E-state index >= 15 is 0 Å². The number of para-hydroxylation sites is 1. The number of anilines is 3. The van der Waals surface area contributed by atoms with Gasteiger partial charge in [-0.2, -0.15) is 0 Å². The lowest BCUT2D eigenvalue weighted by Gasteiger charge is -2.29. The summed E-state index contributed by atoms with van der Waals surface area (Å²) in [5.41, 5.74) is 10.7. The first kappa shape index (κ1) is 30.4. The van der Waals surface area contributed by atoms with E-state index in [0.29, 0.717) is 0 Å². The van der Waals surface area contributed by atoms with Crippen molar-refractivity contribution in [2.24, 2.45) is 0 Å². The maximum Gasteiger partial charge on any atom is 0.0640 e. The summed E-state index contributed by atoms with van der Waals surface area (Å²) < 4.78 is 2.57. The third-order valence-electron chi connectivity index (χ3n) is 10.3. The molecule has 0 N–H and O–H groups in total. The molecule has 244 valence electrons. The SMILES string of the molecule is c1ccc(-c2ccccc2-c2ccccc2-c2ccccc2N(c2ccc3c(ccc4ccccc43)c2)c2cccc3c2sc2ccccc23)cc1. The highest BCUT2D eigenvalue weighted by molar-refractivity contribution is 7.26. The highest BCUT2D eigenvalue weighted by Crippen LogP contribution is 2.49. The van der Waals surface area contributed by atoms with Crippen LogP contribution in [0.15, 0.2) is 200 Å². The van der Waals surface area contributed by atoms with Crippen LogP contribution in [0.4, 0.5) is 17.1 Å². The van der Waals surface area contributed by atoms with Gasteiger partial charge in [0.1, 0.15) is 0 Å². The fraction of sp³-hybridized carbons (Fsp3) is 0. The van der Waals surface area contributed by atoms with E-state index in [0.717, 1.165) is 11.4 Å². The highest BCUT2D eigenvalue weighted by Gasteiger charge is 2.23. The minimum Gasteiger partial charge on any atom is -0.308 e. The van der Waals surface area contributed by atoms with E-state index in [1.807, 2.05) is 11.3 Å². The summed E-state index contributed by atoms with van der Waals surface area (Å²) in [6.07, 6.45) is 0. The van der Waals surface area contributed by atoms with Gasteiger partial charge in [0.25, 0.3) is 0 Å². The molecule has 1 nitrogen and oxygen atoms in total. The summed E-state index contributed by atoms with van der Waals surface area (Å²) in [5, 5.41) is 7.59. The Labute approximate surface area is 307 Å². The van der Waals surface area contributed by atoms with Gasteiger partial charge in [-0.3, -0.25) is 0 Å². The van der Waals surface area contributed by atoms with Crippen LogP contribution in [-0.2, 0) is 0 Å². The van der Waals surface area contributed by atoms with Crippen molar-refractivity contribution in [3.8, 4) is 33.4 Å². The predicted molar refractivity (Wildman–Crippen MR) is 225 cm³/mol. The number of hydrogen-bond acceptors (Lipinski definition) is 2. The van der Waals surface area contributed by atoms with Crippen LogP contribution in [0, 0.1) is 0 Å². The van der Waals surface area contributed by atoms with Crippen molar-refractivity contribution < 1.29 is 0 Å². The summed E-state index contributed by atoms with van der Waals surface area (Å²) in [5.74, 6) is 0. The fourth-order valence-corrected chi connectivity index (χ4v) is 9.10. The molecule has 0 radical (unpaired) electrons. The third kappa shape index (κ3) is 5.07. The lowest BCUT2D eigenvalue weighted by atomic mass is 9.88. The van der Waals surface area contributed by atoms with Crippen LogP contribution in [0.3, 0.4) is 0 Å². The molecule has 9 aromatic carbocycles. The number of fused-ring (bicyclic) bond motifs is 6. The Hall–Kier alpha value is -6.48. The minimum absolute atomic E-state index is 1.13. The van der Waals surface area contributed by atoms with Crippen LogP contribution < -0.4 is 4.90 Å². The molecule has 10 aromatic rings. The average Bonchev–Trinajstić information content (AvgIpc) is 3.61. The second kappa shape index (κ2) is 12.7. The molecule has 1 aromatic heterocycles. The van der Waals surface area contributed by atoms with Crippen LogP contribution in [0.25, 0.3) is 75.1 Å². The van der Waals surface area contributed by atoms with Crippen molar-refractivity contribution in [2.75, 3.05) is 4.90 Å². The first-order valence-electron chi connectivity index (χ1n) is 17.8. The van der Waals surface area contributed by atoms with E-state index in [9.17, 15) is 0 Å². The van der Waals surface area contributed by atoms with Gasteiger partial charge in [0.15, 0.2) is 0 Å². The molecule has 0 fully saturated rings. The molecule has 1 heterocycles. The summed E-state index contributed by atoms with van der Waals surface area (Å²) in [6.45, 7) is 0. The molecule has 0 saturated heterocycles. The Morgan fingerprint density at radius 1 is 0.327 bits per heavy atom. The van der Waals surface area contributed by atoms with Crippen LogP contribution in [0.1, 0.15) is 0 Å². The zero-order valence-electron chi connectivity index (χ0n) is 28.4. The molecule has 0 aliphatic carbocycles. The number of thiophene rings is 1. The smallest absolute Gasteiger partial charge is 0.0640 e. The first-order chi connectivity index (χ1) is 25.8. The first-order valence-corrected chi connectivity index (χ1v) is 18.6. The zero-order chi connectivity index (χ0) is 34.4. The molecule has 0 aliphatic heterocycles. The molecular formula is C50H33NS. The van der Waals surface area contributed by atoms with Crippen LogP contribution >= 0.6 is 11.3 Å². The summed E-state index contributed by atoms with van der Waals surface area (Å²) in [7, 11) is 0. The second-order valence-corrected chi connectivity index (χ2v) is 14.3. The Bertz CT molecular complexity index is 2920. The van der Waals surface area contributed by atoms with Gasteiger partial charge in [-0.1, -0.05) is 170 Å². The Morgan fingerprint density at radius 2 is 0.885 bits per heavy atom.